The molecular formula is C13H21ClN2S. The van der Waals surface area contributed by atoms with Gasteiger partial charge >= 0.3 is 0 Å². The van der Waals surface area contributed by atoms with Gasteiger partial charge in [0.05, 0.1) is 4.34 Å². The topological polar surface area (TPSA) is 15.3 Å². The lowest BCUT2D eigenvalue weighted by molar-refractivity contribution is 0.154. The van der Waals surface area contributed by atoms with E-state index in [0.29, 0.717) is 12.1 Å². The maximum atomic E-state index is 6.03. The van der Waals surface area contributed by atoms with Crippen LogP contribution in [0.1, 0.15) is 38.3 Å². The summed E-state index contributed by atoms with van der Waals surface area (Å²) >= 11 is 7.67. The standard InChI is InChI=1S/C13H21ClN2S/c1-3-6-16(12-4-5-15-8-12)10(2)11-7-13(14)17-9-11/h7,9-10,12,15H,3-6,8H2,1-2H3. The summed E-state index contributed by atoms with van der Waals surface area (Å²) in [5.74, 6) is 0. The van der Waals surface area contributed by atoms with Gasteiger partial charge in [0.1, 0.15) is 0 Å². The Morgan fingerprint density at radius 2 is 2.47 bits per heavy atom. The molecular weight excluding hydrogens is 252 g/mol. The highest BCUT2D eigenvalue weighted by atomic mass is 35.5. The van der Waals surface area contributed by atoms with E-state index in [4.69, 9.17) is 11.6 Å². The van der Waals surface area contributed by atoms with Crippen molar-refractivity contribution >= 4 is 22.9 Å². The van der Waals surface area contributed by atoms with E-state index >= 15 is 0 Å². The number of hydrogen-bond donors (Lipinski definition) is 1. The molecule has 2 rings (SSSR count). The minimum Gasteiger partial charge on any atom is -0.315 e. The lowest BCUT2D eigenvalue weighted by Crippen LogP contribution is -2.39. The summed E-state index contributed by atoms with van der Waals surface area (Å²) < 4.78 is 0.896. The van der Waals surface area contributed by atoms with Gasteiger partial charge in [0.2, 0.25) is 0 Å². The summed E-state index contributed by atoms with van der Waals surface area (Å²) in [7, 11) is 0. The quantitative estimate of drug-likeness (QED) is 0.882. The minimum absolute atomic E-state index is 0.476. The third-order valence-electron chi connectivity index (χ3n) is 3.55. The van der Waals surface area contributed by atoms with Crippen LogP contribution in [0.25, 0.3) is 0 Å². The van der Waals surface area contributed by atoms with Crippen LogP contribution in [0, 0.1) is 0 Å². The fraction of sp³-hybridized carbons (Fsp3) is 0.692. The van der Waals surface area contributed by atoms with Crippen molar-refractivity contribution in [2.75, 3.05) is 19.6 Å². The summed E-state index contributed by atoms with van der Waals surface area (Å²) in [5, 5.41) is 5.65. The lowest BCUT2D eigenvalue weighted by atomic mass is 10.1. The molecule has 0 saturated carbocycles. The van der Waals surface area contributed by atoms with Crippen LogP contribution in [-0.2, 0) is 0 Å². The first kappa shape index (κ1) is 13.3. The van der Waals surface area contributed by atoms with E-state index in [0.717, 1.165) is 17.4 Å². The zero-order chi connectivity index (χ0) is 12.3. The molecule has 2 atom stereocenters. The predicted molar refractivity (Wildman–Crippen MR) is 76.0 cm³/mol. The molecule has 0 aliphatic carbocycles. The van der Waals surface area contributed by atoms with Gasteiger partial charge in [-0.15, -0.1) is 11.3 Å². The first-order valence-electron chi connectivity index (χ1n) is 6.42. The average Bonchev–Trinajstić information content (AvgIpc) is 2.95. The summed E-state index contributed by atoms with van der Waals surface area (Å²) in [5.41, 5.74) is 1.36. The van der Waals surface area contributed by atoms with Gasteiger partial charge in [-0.05, 0) is 49.9 Å². The number of nitrogens with zero attached hydrogens (tertiary/aromatic N) is 1. The van der Waals surface area contributed by atoms with E-state index in [1.807, 2.05) is 0 Å². The molecule has 96 valence electrons. The van der Waals surface area contributed by atoms with Gasteiger partial charge in [0.25, 0.3) is 0 Å². The maximum absolute atomic E-state index is 6.03. The SMILES string of the molecule is CCCN(C1CCNC1)C(C)c1csc(Cl)c1. The van der Waals surface area contributed by atoms with Crippen molar-refractivity contribution in [1.82, 2.24) is 10.2 Å². The van der Waals surface area contributed by atoms with Crippen LogP contribution in [0.4, 0.5) is 0 Å². The second-order valence-electron chi connectivity index (χ2n) is 4.74. The Bertz CT molecular complexity index is 347. The third kappa shape index (κ3) is 3.22. The average molecular weight is 273 g/mol. The second kappa shape index (κ2) is 6.19. The highest BCUT2D eigenvalue weighted by molar-refractivity contribution is 7.14. The molecule has 2 heterocycles. The number of nitrogens with one attached hydrogen (secondary N) is 1. The highest BCUT2D eigenvalue weighted by Crippen LogP contribution is 2.30. The zero-order valence-corrected chi connectivity index (χ0v) is 12.2. The number of rotatable bonds is 5. The summed E-state index contributed by atoms with van der Waals surface area (Å²) in [6.45, 7) is 8.00. The van der Waals surface area contributed by atoms with Crippen molar-refractivity contribution in [3.05, 3.63) is 21.3 Å². The zero-order valence-electron chi connectivity index (χ0n) is 10.6. The third-order valence-corrected chi connectivity index (χ3v) is 4.66. The fourth-order valence-corrected chi connectivity index (χ4v) is 3.58. The Morgan fingerprint density at radius 1 is 1.65 bits per heavy atom. The highest BCUT2D eigenvalue weighted by Gasteiger charge is 2.26. The van der Waals surface area contributed by atoms with Gasteiger partial charge < -0.3 is 5.32 Å². The Labute approximate surface area is 113 Å². The first-order valence-corrected chi connectivity index (χ1v) is 7.68. The first-order chi connectivity index (χ1) is 8.22. The molecule has 4 heteroatoms. The summed E-state index contributed by atoms with van der Waals surface area (Å²) in [6, 6.07) is 3.27. The van der Waals surface area contributed by atoms with Gasteiger partial charge in [-0.2, -0.15) is 0 Å². The molecule has 0 radical (unpaired) electrons. The molecule has 1 N–H and O–H groups in total. The molecule has 1 saturated heterocycles. The normalized spacial score (nSPS) is 22.2. The monoisotopic (exact) mass is 272 g/mol. The molecule has 2 unspecified atom stereocenters. The molecule has 17 heavy (non-hydrogen) atoms. The van der Waals surface area contributed by atoms with Crippen molar-refractivity contribution in [1.29, 1.82) is 0 Å². The number of hydrogen-bond acceptors (Lipinski definition) is 3. The molecule has 0 spiro atoms. The Balaban J connectivity index is 2.08. The van der Waals surface area contributed by atoms with E-state index in [2.05, 4.69) is 35.5 Å². The van der Waals surface area contributed by atoms with E-state index in [1.165, 1.54) is 24.9 Å². The van der Waals surface area contributed by atoms with Gasteiger partial charge in [-0.3, -0.25) is 4.90 Å². The fourth-order valence-electron chi connectivity index (χ4n) is 2.61. The number of thiophene rings is 1. The molecule has 1 aliphatic rings. The van der Waals surface area contributed by atoms with Crippen molar-refractivity contribution < 1.29 is 0 Å². The Hall–Kier alpha value is -0.0900. The predicted octanol–water partition coefficient (Wildman–Crippen LogP) is 3.54. The van der Waals surface area contributed by atoms with Gasteiger partial charge in [0, 0.05) is 18.6 Å². The molecule has 0 amide bonds. The van der Waals surface area contributed by atoms with Crippen molar-refractivity contribution in [3.8, 4) is 0 Å². The van der Waals surface area contributed by atoms with Crippen molar-refractivity contribution in [2.24, 2.45) is 0 Å². The molecule has 1 aromatic heterocycles. The summed E-state index contributed by atoms with van der Waals surface area (Å²) in [4.78, 5) is 2.62. The van der Waals surface area contributed by atoms with E-state index in [9.17, 15) is 0 Å². The van der Waals surface area contributed by atoms with Gasteiger partial charge in [-0.25, -0.2) is 0 Å². The second-order valence-corrected chi connectivity index (χ2v) is 6.29. The molecule has 0 aromatic carbocycles. The van der Waals surface area contributed by atoms with Crippen LogP contribution in [0.3, 0.4) is 0 Å². The Morgan fingerprint density at radius 3 is 3.00 bits per heavy atom. The van der Waals surface area contributed by atoms with E-state index < -0.39 is 0 Å². The van der Waals surface area contributed by atoms with Crippen LogP contribution in [0.15, 0.2) is 11.4 Å². The minimum atomic E-state index is 0.476. The van der Waals surface area contributed by atoms with Crippen LogP contribution in [-0.4, -0.2) is 30.6 Å². The molecule has 0 bridgehead atoms. The van der Waals surface area contributed by atoms with E-state index in [-0.39, 0.29) is 0 Å². The Kier molecular flexibility index (Phi) is 4.86. The van der Waals surface area contributed by atoms with Crippen LogP contribution in [0.2, 0.25) is 4.34 Å². The van der Waals surface area contributed by atoms with Gasteiger partial charge in [0.15, 0.2) is 0 Å². The maximum Gasteiger partial charge on any atom is 0.0931 e. The van der Waals surface area contributed by atoms with E-state index in [1.54, 1.807) is 11.3 Å². The molecule has 1 fully saturated rings. The van der Waals surface area contributed by atoms with Crippen molar-refractivity contribution in [3.63, 3.8) is 0 Å². The molecule has 1 aromatic rings. The molecule has 1 aliphatic heterocycles. The summed E-state index contributed by atoms with van der Waals surface area (Å²) in [6.07, 6.45) is 2.47. The lowest BCUT2D eigenvalue weighted by Gasteiger charge is -2.33. The van der Waals surface area contributed by atoms with Crippen LogP contribution in [0.5, 0.6) is 0 Å². The smallest absolute Gasteiger partial charge is 0.0931 e. The van der Waals surface area contributed by atoms with Crippen LogP contribution < -0.4 is 5.32 Å². The molecule has 2 nitrogen and oxygen atoms in total. The van der Waals surface area contributed by atoms with Crippen LogP contribution >= 0.6 is 22.9 Å². The van der Waals surface area contributed by atoms with Crippen molar-refractivity contribution in [2.45, 2.75) is 38.8 Å². The largest absolute Gasteiger partial charge is 0.315 e. The van der Waals surface area contributed by atoms with Gasteiger partial charge in [-0.1, -0.05) is 18.5 Å². The number of halogens is 1.